The third kappa shape index (κ3) is 6.13. The average Bonchev–Trinajstić information content (AvgIpc) is 2.82. The number of hydrogen-bond donors (Lipinski definition) is 6. The molecule has 11 nitrogen and oxygen atoms in total. The number of aliphatic carboxylic acids is 1. The van der Waals surface area contributed by atoms with Gasteiger partial charge in [0.15, 0.2) is 0 Å². The zero-order valence-electron chi connectivity index (χ0n) is 19.4. The van der Waals surface area contributed by atoms with E-state index in [1.807, 2.05) is 42.5 Å². The molecule has 35 heavy (non-hydrogen) atoms. The van der Waals surface area contributed by atoms with E-state index in [2.05, 4.69) is 10.6 Å². The molecule has 3 rings (SSSR count). The number of rotatable bonds is 9. The van der Waals surface area contributed by atoms with Crippen molar-refractivity contribution in [2.24, 2.45) is 0 Å². The second-order valence-electron chi connectivity index (χ2n) is 8.56. The lowest BCUT2D eigenvalue weighted by molar-refractivity contribution is -0.303. The molecule has 0 aliphatic carbocycles. The fourth-order valence-corrected chi connectivity index (χ4v) is 4.17. The van der Waals surface area contributed by atoms with Gasteiger partial charge in [-0.3, -0.25) is 9.59 Å². The SMILES string of the molecule is COC1(C(=O)O)C[C@H](O)[C@@H](NC(C)=O)[C@H]([C@H](O)[C@H](O)CNC(=O)Cc2ccc3ccccc3c2)O1. The number of nitrogens with one attached hydrogen (secondary N) is 2. The van der Waals surface area contributed by atoms with Crippen molar-refractivity contribution in [1.29, 1.82) is 0 Å². The minimum atomic E-state index is -2.29. The van der Waals surface area contributed by atoms with E-state index in [0.29, 0.717) is 0 Å². The second kappa shape index (κ2) is 11.1. The number of methoxy groups -OCH3 is 1. The van der Waals surface area contributed by atoms with E-state index in [0.717, 1.165) is 23.4 Å². The number of aliphatic hydroxyl groups is 3. The van der Waals surface area contributed by atoms with Crippen molar-refractivity contribution in [3.05, 3.63) is 48.0 Å². The Kier molecular flexibility index (Phi) is 8.41. The highest BCUT2D eigenvalue weighted by Crippen LogP contribution is 2.33. The van der Waals surface area contributed by atoms with E-state index in [9.17, 15) is 34.8 Å². The first-order chi connectivity index (χ1) is 16.6. The molecule has 11 heteroatoms. The zero-order valence-corrected chi connectivity index (χ0v) is 19.4. The predicted octanol–water partition coefficient (Wildman–Crippen LogP) is -0.698. The van der Waals surface area contributed by atoms with Crippen molar-refractivity contribution < 1.29 is 44.3 Å². The minimum Gasteiger partial charge on any atom is -0.477 e. The van der Waals surface area contributed by atoms with Gasteiger partial charge in [-0.15, -0.1) is 0 Å². The molecule has 1 unspecified atom stereocenters. The molecule has 1 aliphatic heterocycles. The lowest BCUT2D eigenvalue weighted by Gasteiger charge is -2.46. The van der Waals surface area contributed by atoms with Crippen LogP contribution in [0.3, 0.4) is 0 Å². The average molecular weight is 491 g/mol. The van der Waals surface area contributed by atoms with Crippen LogP contribution >= 0.6 is 0 Å². The lowest BCUT2D eigenvalue weighted by atomic mass is 9.88. The van der Waals surface area contributed by atoms with Crippen molar-refractivity contribution >= 4 is 28.6 Å². The minimum absolute atomic E-state index is 0.0343. The molecule has 1 heterocycles. The summed E-state index contributed by atoms with van der Waals surface area (Å²) in [7, 11) is 1.06. The van der Waals surface area contributed by atoms with Gasteiger partial charge >= 0.3 is 5.97 Å². The highest BCUT2D eigenvalue weighted by atomic mass is 16.7. The number of aliphatic hydroxyl groups excluding tert-OH is 3. The van der Waals surface area contributed by atoms with Crippen LogP contribution in [0.1, 0.15) is 18.9 Å². The molecule has 2 amide bonds. The van der Waals surface area contributed by atoms with Crippen LogP contribution in [-0.4, -0.2) is 88.1 Å². The number of benzene rings is 2. The Bertz CT molecular complexity index is 1080. The van der Waals surface area contributed by atoms with E-state index < -0.39 is 60.4 Å². The summed E-state index contributed by atoms with van der Waals surface area (Å²) < 4.78 is 10.4. The van der Waals surface area contributed by atoms with Gasteiger partial charge in [-0.2, -0.15) is 0 Å². The summed E-state index contributed by atoms with van der Waals surface area (Å²) in [5.41, 5.74) is 0.757. The maximum absolute atomic E-state index is 12.4. The van der Waals surface area contributed by atoms with E-state index >= 15 is 0 Å². The van der Waals surface area contributed by atoms with Gasteiger partial charge in [0.05, 0.1) is 24.7 Å². The van der Waals surface area contributed by atoms with Crippen LogP contribution < -0.4 is 10.6 Å². The molecular weight excluding hydrogens is 460 g/mol. The highest BCUT2D eigenvalue weighted by molar-refractivity contribution is 5.85. The Hall–Kier alpha value is -3.09. The second-order valence-corrected chi connectivity index (χ2v) is 8.56. The van der Waals surface area contributed by atoms with Crippen LogP contribution in [0.5, 0.6) is 0 Å². The molecule has 2 aromatic carbocycles. The molecule has 1 aliphatic rings. The maximum Gasteiger partial charge on any atom is 0.364 e. The monoisotopic (exact) mass is 490 g/mol. The van der Waals surface area contributed by atoms with Crippen LogP contribution in [0.2, 0.25) is 0 Å². The Labute approximate surface area is 201 Å². The molecule has 190 valence electrons. The number of carboxylic acid groups (broad SMARTS) is 1. The number of ether oxygens (including phenoxy) is 2. The first-order valence-electron chi connectivity index (χ1n) is 11.1. The van der Waals surface area contributed by atoms with Crippen LogP contribution in [0.25, 0.3) is 10.8 Å². The van der Waals surface area contributed by atoms with Crippen molar-refractivity contribution in [1.82, 2.24) is 10.6 Å². The van der Waals surface area contributed by atoms with Gasteiger partial charge in [0.1, 0.15) is 12.2 Å². The number of carbonyl (C=O) groups is 3. The predicted molar refractivity (Wildman–Crippen MR) is 123 cm³/mol. The molecule has 0 saturated carbocycles. The smallest absolute Gasteiger partial charge is 0.364 e. The van der Waals surface area contributed by atoms with Crippen molar-refractivity contribution in [3.8, 4) is 0 Å². The maximum atomic E-state index is 12.4. The Morgan fingerprint density at radius 3 is 2.49 bits per heavy atom. The van der Waals surface area contributed by atoms with Crippen molar-refractivity contribution in [2.75, 3.05) is 13.7 Å². The summed E-state index contributed by atoms with van der Waals surface area (Å²) >= 11 is 0. The van der Waals surface area contributed by atoms with E-state index in [-0.39, 0.29) is 13.0 Å². The van der Waals surface area contributed by atoms with Gasteiger partial charge in [-0.1, -0.05) is 42.5 Å². The topological polar surface area (TPSA) is 175 Å². The van der Waals surface area contributed by atoms with Crippen LogP contribution in [0.4, 0.5) is 0 Å². The third-order valence-corrected chi connectivity index (χ3v) is 6.02. The molecule has 1 saturated heterocycles. The number of carboxylic acids is 1. The summed E-state index contributed by atoms with van der Waals surface area (Å²) in [5.74, 6) is -4.81. The normalized spacial score (nSPS) is 26.0. The first-order valence-corrected chi connectivity index (χ1v) is 11.1. The lowest BCUT2D eigenvalue weighted by Crippen LogP contribution is -2.68. The van der Waals surface area contributed by atoms with Crippen molar-refractivity contribution in [2.45, 2.75) is 56.0 Å². The molecular formula is C24H30N2O9. The number of hydrogen-bond acceptors (Lipinski definition) is 8. The van der Waals surface area contributed by atoms with E-state index in [4.69, 9.17) is 9.47 Å². The molecule has 6 N–H and O–H groups in total. The van der Waals surface area contributed by atoms with Crippen molar-refractivity contribution in [3.63, 3.8) is 0 Å². The van der Waals surface area contributed by atoms with Gasteiger partial charge < -0.3 is 40.5 Å². The summed E-state index contributed by atoms with van der Waals surface area (Å²) in [6, 6.07) is 12.1. The quantitative estimate of drug-likeness (QED) is 0.266. The summed E-state index contributed by atoms with van der Waals surface area (Å²) in [6.45, 7) is 0.790. The standard InChI is InChI=1S/C24H30N2O9/c1-13(27)26-20-17(28)11-24(34-2,23(32)33)35-22(20)21(31)18(29)12-25-19(30)10-14-7-8-15-5-3-4-6-16(15)9-14/h3-9,17-18,20-22,28-29,31H,10-12H2,1-2H3,(H,25,30)(H,26,27)(H,32,33)/t17-,18+,20+,21+,22+,24?/m0/s1. The van der Waals surface area contributed by atoms with Gasteiger partial charge in [0, 0.05) is 27.0 Å². The Balaban J connectivity index is 1.66. The summed E-state index contributed by atoms with van der Waals surface area (Å²) in [4.78, 5) is 35.8. The molecule has 2 aromatic rings. The summed E-state index contributed by atoms with van der Waals surface area (Å²) in [6.07, 6.45) is -6.88. The molecule has 0 bridgehead atoms. The fourth-order valence-electron chi connectivity index (χ4n) is 4.17. The Morgan fingerprint density at radius 2 is 1.86 bits per heavy atom. The van der Waals surface area contributed by atoms with E-state index in [1.165, 1.54) is 6.92 Å². The molecule has 6 atom stereocenters. The largest absolute Gasteiger partial charge is 0.477 e. The van der Waals surface area contributed by atoms with Gasteiger partial charge in [0.25, 0.3) is 5.79 Å². The summed E-state index contributed by atoms with van der Waals surface area (Å²) in [5, 5.41) is 48.2. The zero-order chi connectivity index (χ0) is 25.8. The highest BCUT2D eigenvalue weighted by Gasteiger charge is 2.55. The molecule has 0 spiro atoms. The number of fused-ring (bicyclic) bond motifs is 1. The van der Waals surface area contributed by atoms with Gasteiger partial charge in [-0.05, 0) is 16.3 Å². The third-order valence-electron chi connectivity index (χ3n) is 6.02. The Morgan fingerprint density at radius 1 is 1.17 bits per heavy atom. The van der Waals surface area contributed by atoms with Crippen LogP contribution in [0.15, 0.2) is 42.5 Å². The van der Waals surface area contributed by atoms with Crippen LogP contribution in [-0.2, 0) is 30.3 Å². The first kappa shape index (κ1) is 26.5. The van der Waals surface area contributed by atoms with Crippen LogP contribution in [0, 0.1) is 0 Å². The van der Waals surface area contributed by atoms with Gasteiger partial charge in [-0.25, -0.2) is 4.79 Å². The molecule has 0 radical (unpaired) electrons. The molecule has 0 aromatic heterocycles. The number of amides is 2. The number of carbonyl (C=O) groups excluding carboxylic acids is 2. The van der Waals surface area contributed by atoms with Gasteiger partial charge in [0.2, 0.25) is 11.8 Å². The van der Waals surface area contributed by atoms with E-state index in [1.54, 1.807) is 0 Å². The molecule has 1 fully saturated rings. The fraction of sp³-hybridized carbons (Fsp3) is 0.458.